The zero-order valence-corrected chi connectivity index (χ0v) is 16.0. The van der Waals surface area contributed by atoms with Crippen LogP contribution >= 0.6 is 0 Å². The van der Waals surface area contributed by atoms with E-state index >= 15 is 0 Å². The first kappa shape index (κ1) is 18.0. The molecule has 0 aliphatic heterocycles. The molecule has 0 bridgehead atoms. The van der Waals surface area contributed by atoms with Crippen LogP contribution in [0.1, 0.15) is 25.7 Å². The molecule has 0 amide bonds. The topological polar surface area (TPSA) is 113 Å². The number of nitrogens with zero attached hydrogens (tertiary/aromatic N) is 5. The van der Waals surface area contributed by atoms with Gasteiger partial charge in [-0.3, -0.25) is 0 Å². The van der Waals surface area contributed by atoms with Gasteiger partial charge in [0.25, 0.3) is 0 Å². The summed E-state index contributed by atoms with van der Waals surface area (Å²) in [6.07, 6.45) is 11.6. The van der Waals surface area contributed by atoms with Crippen LogP contribution < -0.4 is 5.32 Å². The van der Waals surface area contributed by atoms with Gasteiger partial charge in [-0.2, -0.15) is 10.1 Å². The summed E-state index contributed by atoms with van der Waals surface area (Å²) in [4.78, 5) is 17.1. The van der Waals surface area contributed by atoms with Gasteiger partial charge in [-0.05, 0) is 31.7 Å². The molecule has 1 aliphatic carbocycles. The highest BCUT2D eigenvalue weighted by Crippen LogP contribution is 2.28. The van der Waals surface area contributed by atoms with Gasteiger partial charge in [-0.25, -0.2) is 14.5 Å². The van der Waals surface area contributed by atoms with Gasteiger partial charge < -0.3 is 20.1 Å². The molecule has 150 valence electrons. The lowest BCUT2D eigenvalue weighted by Gasteiger charge is -2.28. The summed E-state index contributed by atoms with van der Waals surface area (Å²) < 4.78 is 7.37. The van der Waals surface area contributed by atoms with E-state index in [1.807, 2.05) is 30.7 Å². The summed E-state index contributed by atoms with van der Waals surface area (Å²) >= 11 is 0. The Hall–Kier alpha value is -3.04. The van der Waals surface area contributed by atoms with Gasteiger partial charge in [0.2, 0.25) is 5.95 Å². The second kappa shape index (κ2) is 7.76. The van der Waals surface area contributed by atoms with Crippen LogP contribution in [0.25, 0.3) is 27.9 Å². The fourth-order valence-corrected chi connectivity index (χ4v) is 3.93. The summed E-state index contributed by atoms with van der Waals surface area (Å²) in [5.41, 5.74) is 3.41. The molecule has 1 aliphatic rings. The van der Waals surface area contributed by atoms with Gasteiger partial charge in [0, 0.05) is 41.6 Å². The SMILES string of the molecule is OCCOC1CCC(Nc2ncc3c(-c4ccn5nccc5n4)c[nH]c3n2)CC1. The van der Waals surface area contributed by atoms with Gasteiger partial charge in [0.15, 0.2) is 5.65 Å². The van der Waals surface area contributed by atoms with Crippen LogP contribution in [0.5, 0.6) is 0 Å². The van der Waals surface area contributed by atoms with Crippen LogP contribution in [-0.4, -0.2) is 60.0 Å². The number of ether oxygens (including phenoxy) is 1. The third-order valence-electron chi connectivity index (χ3n) is 5.42. The van der Waals surface area contributed by atoms with E-state index in [2.05, 4.69) is 30.4 Å². The molecule has 9 nitrogen and oxygen atoms in total. The third-order valence-corrected chi connectivity index (χ3v) is 5.42. The molecule has 0 radical (unpaired) electrons. The lowest BCUT2D eigenvalue weighted by atomic mass is 9.93. The number of aliphatic hydroxyl groups excluding tert-OH is 1. The zero-order valence-electron chi connectivity index (χ0n) is 16.0. The number of fused-ring (bicyclic) bond motifs is 2. The largest absolute Gasteiger partial charge is 0.394 e. The van der Waals surface area contributed by atoms with E-state index in [0.29, 0.717) is 18.6 Å². The number of H-pyrrole nitrogens is 1. The maximum absolute atomic E-state index is 8.88. The Morgan fingerprint density at radius 2 is 2.10 bits per heavy atom. The van der Waals surface area contributed by atoms with Gasteiger partial charge in [-0.1, -0.05) is 0 Å². The quantitative estimate of drug-likeness (QED) is 0.461. The van der Waals surface area contributed by atoms with E-state index in [-0.39, 0.29) is 12.7 Å². The minimum absolute atomic E-state index is 0.0794. The third kappa shape index (κ3) is 3.66. The summed E-state index contributed by atoms with van der Waals surface area (Å²) in [5.74, 6) is 0.629. The standard InChI is InChI=1S/C20H23N7O2/c28-9-10-29-14-3-1-13(2-4-14)24-20-22-12-16-15(11-21-19(16)26-20)17-6-8-27-18(25-17)5-7-23-27/h5-8,11-14,28H,1-4,9-10H2,(H2,21,22,24,26). The molecule has 1 fully saturated rings. The minimum Gasteiger partial charge on any atom is -0.394 e. The van der Waals surface area contributed by atoms with Crippen molar-refractivity contribution in [1.82, 2.24) is 29.5 Å². The van der Waals surface area contributed by atoms with Crippen LogP contribution in [0, 0.1) is 0 Å². The van der Waals surface area contributed by atoms with Crippen LogP contribution in [-0.2, 0) is 4.74 Å². The van der Waals surface area contributed by atoms with Crippen molar-refractivity contribution in [3.63, 3.8) is 0 Å². The average molecular weight is 393 g/mol. The Morgan fingerprint density at radius 3 is 2.97 bits per heavy atom. The molecular weight excluding hydrogens is 370 g/mol. The average Bonchev–Trinajstić information content (AvgIpc) is 3.39. The zero-order chi connectivity index (χ0) is 19.6. The number of aromatic amines is 1. The van der Waals surface area contributed by atoms with Crippen LogP contribution in [0.4, 0.5) is 5.95 Å². The maximum Gasteiger partial charge on any atom is 0.224 e. The minimum atomic E-state index is 0.0794. The highest BCUT2D eigenvalue weighted by molar-refractivity contribution is 5.92. The predicted octanol–water partition coefficient (Wildman–Crippen LogP) is 2.40. The lowest BCUT2D eigenvalue weighted by Crippen LogP contribution is -2.30. The first-order valence-corrected chi connectivity index (χ1v) is 9.94. The van der Waals surface area contributed by atoms with E-state index < -0.39 is 0 Å². The molecule has 9 heteroatoms. The highest BCUT2D eigenvalue weighted by Gasteiger charge is 2.22. The van der Waals surface area contributed by atoms with E-state index in [4.69, 9.17) is 9.84 Å². The lowest BCUT2D eigenvalue weighted by molar-refractivity contribution is 0.00719. The van der Waals surface area contributed by atoms with Crippen molar-refractivity contribution in [1.29, 1.82) is 0 Å². The van der Waals surface area contributed by atoms with Gasteiger partial charge in [0.1, 0.15) is 5.65 Å². The second-order valence-corrected chi connectivity index (χ2v) is 7.32. The number of nitrogens with one attached hydrogen (secondary N) is 2. The monoisotopic (exact) mass is 393 g/mol. The van der Waals surface area contributed by atoms with E-state index in [0.717, 1.165) is 53.6 Å². The number of anilines is 1. The van der Waals surface area contributed by atoms with Crippen molar-refractivity contribution in [3.05, 3.63) is 36.9 Å². The molecule has 0 saturated heterocycles. The van der Waals surface area contributed by atoms with E-state index in [9.17, 15) is 0 Å². The highest BCUT2D eigenvalue weighted by atomic mass is 16.5. The molecule has 0 unspecified atom stereocenters. The van der Waals surface area contributed by atoms with Crippen molar-refractivity contribution < 1.29 is 9.84 Å². The summed E-state index contributed by atoms with van der Waals surface area (Å²) in [5, 5.41) is 17.4. The van der Waals surface area contributed by atoms with Gasteiger partial charge >= 0.3 is 0 Å². The molecule has 0 spiro atoms. The predicted molar refractivity (Wildman–Crippen MR) is 109 cm³/mol. The Balaban J connectivity index is 1.30. The Bertz CT molecular complexity index is 1110. The van der Waals surface area contributed by atoms with Gasteiger partial charge in [0.05, 0.1) is 31.2 Å². The molecule has 0 aromatic carbocycles. The van der Waals surface area contributed by atoms with Crippen LogP contribution in [0.3, 0.4) is 0 Å². The smallest absolute Gasteiger partial charge is 0.224 e. The van der Waals surface area contributed by atoms with E-state index in [1.165, 1.54) is 0 Å². The first-order valence-electron chi connectivity index (χ1n) is 9.94. The number of rotatable bonds is 6. The van der Waals surface area contributed by atoms with Crippen LogP contribution in [0.2, 0.25) is 0 Å². The van der Waals surface area contributed by atoms with Crippen molar-refractivity contribution in [2.24, 2.45) is 0 Å². The fourth-order valence-electron chi connectivity index (χ4n) is 3.93. The Morgan fingerprint density at radius 1 is 1.21 bits per heavy atom. The van der Waals surface area contributed by atoms with Crippen molar-refractivity contribution in [3.8, 4) is 11.3 Å². The Labute approximate surface area is 167 Å². The van der Waals surface area contributed by atoms with Crippen molar-refractivity contribution in [2.45, 2.75) is 37.8 Å². The summed E-state index contributed by atoms with van der Waals surface area (Å²) in [6, 6.07) is 4.15. The Kier molecular flexibility index (Phi) is 4.82. The molecule has 29 heavy (non-hydrogen) atoms. The number of hydrogen-bond donors (Lipinski definition) is 3. The second-order valence-electron chi connectivity index (χ2n) is 7.32. The van der Waals surface area contributed by atoms with Crippen molar-refractivity contribution >= 4 is 22.6 Å². The van der Waals surface area contributed by atoms with Gasteiger partial charge in [-0.15, -0.1) is 0 Å². The fraction of sp³-hybridized carbons (Fsp3) is 0.400. The van der Waals surface area contributed by atoms with Crippen molar-refractivity contribution in [2.75, 3.05) is 18.5 Å². The normalized spacial score (nSPS) is 19.8. The molecule has 4 aromatic heterocycles. The molecule has 5 rings (SSSR count). The maximum atomic E-state index is 8.88. The molecule has 4 aromatic rings. The molecule has 0 atom stereocenters. The number of aliphatic hydroxyl groups is 1. The molecule has 4 heterocycles. The summed E-state index contributed by atoms with van der Waals surface area (Å²) in [6.45, 7) is 0.497. The summed E-state index contributed by atoms with van der Waals surface area (Å²) in [7, 11) is 0. The molecular formula is C20H23N7O2. The molecule has 3 N–H and O–H groups in total. The van der Waals surface area contributed by atoms with E-state index in [1.54, 1.807) is 10.7 Å². The first-order chi connectivity index (χ1) is 14.3. The number of hydrogen-bond acceptors (Lipinski definition) is 7. The van der Waals surface area contributed by atoms with Crippen LogP contribution in [0.15, 0.2) is 36.9 Å². The number of aromatic nitrogens is 6. The molecule has 1 saturated carbocycles.